The van der Waals surface area contributed by atoms with Crippen LogP contribution in [0.25, 0.3) is 0 Å². The van der Waals surface area contributed by atoms with E-state index < -0.39 is 62.4 Å². The lowest BCUT2D eigenvalue weighted by Crippen LogP contribution is -2.46. The molecule has 0 radical (unpaired) electrons. The van der Waals surface area contributed by atoms with Gasteiger partial charge in [-0.1, -0.05) is 30.4 Å². The van der Waals surface area contributed by atoms with E-state index in [-0.39, 0.29) is 12.2 Å². The molecular formula is C20H16F4O4S2. The van der Waals surface area contributed by atoms with Gasteiger partial charge in [-0.15, -0.1) is 11.8 Å². The molecular weight excluding hydrogens is 444 g/mol. The van der Waals surface area contributed by atoms with E-state index in [4.69, 9.17) is 4.18 Å². The van der Waals surface area contributed by atoms with Crippen molar-refractivity contribution in [3.8, 4) is 0 Å². The van der Waals surface area contributed by atoms with Crippen LogP contribution in [-0.4, -0.2) is 26.4 Å². The van der Waals surface area contributed by atoms with Gasteiger partial charge in [0, 0.05) is 33.1 Å². The number of halogens is 4. The summed E-state index contributed by atoms with van der Waals surface area (Å²) in [5, 5.41) is -0.760. The molecule has 4 atom stereocenters. The summed E-state index contributed by atoms with van der Waals surface area (Å²) in [5.41, 5.74) is -0.749. The first-order valence-corrected chi connectivity index (χ1v) is 11.3. The van der Waals surface area contributed by atoms with Crippen molar-refractivity contribution >= 4 is 22.2 Å². The second kappa shape index (κ2) is 7.99. The quantitative estimate of drug-likeness (QED) is 0.268. The highest BCUT2D eigenvalue weighted by Crippen LogP contribution is 2.54. The second-order valence-electron chi connectivity index (χ2n) is 6.79. The maximum absolute atomic E-state index is 14.7. The zero-order chi connectivity index (χ0) is 21.6. The first kappa shape index (κ1) is 21.4. The maximum atomic E-state index is 14.7. The van der Waals surface area contributed by atoms with Crippen LogP contribution >= 0.6 is 11.8 Å². The number of thioether (sulfide) groups is 1. The van der Waals surface area contributed by atoms with Crippen LogP contribution in [0.3, 0.4) is 0 Å². The van der Waals surface area contributed by atoms with Crippen LogP contribution in [0.2, 0.25) is 0 Å². The third-order valence-electron chi connectivity index (χ3n) is 5.07. The number of fused-ring (bicyclic) bond motifs is 1. The van der Waals surface area contributed by atoms with Crippen molar-refractivity contribution in [1.29, 1.82) is 0 Å². The second-order valence-corrected chi connectivity index (χ2v) is 9.29. The number of benzene rings is 2. The third-order valence-corrected chi connectivity index (χ3v) is 7.43. The smallest absolute Gasteiger partial charge is 0.248 e. The predicted molar refractivity (Wildman–Crippen MR) is 102 cm³/mol. The van der Waals surface area contributed by atoms with Crippen LogP contribution < -0.4 is 0 Å². The van der Waals surface area contributed by atoms with Gasteiger partial charge in [-0.3, -0.25) is 0 Å². The summed E-state index contributed by atoms with van der Waals surface area (Å²) in [6.07, 6.45) is 1.76. The molecule has 0 unspecified atom stereocenters. The van der Waals surface area contributed by atoms with Crippen LogP contribution in [0.15, 0.2) is 47.4 Å². The monoisotopic (exact) mass is 460 g/mol. The van der Waals surface area contributed by atoms with Gasteiger partial charge in [0.15, 0.2) is 23.3 Å². The minimum Gasteiger partial charge on any atom is -0.248 e. The summed E-state index contributed by atoms with van der Waals surface area (Å²) in [4.78, 5) is 0.718. The fraction of sp³-hybridized carbons (Fsp3) is 0.300. The summed E-state index contributed by atoms with van der Waals surface area (Å²) in [7, 11) is -4.45. The Morgan fingerprint density at radius 2 is 1.47 bits per heavy atom. The van der Waals surface area contributed by atoms with Crippen molar-refractivity contribution in [2.75, 3.05) is 6.61 Å². The number of rotatable bonds is 6. The number of hydrogen-bond donors (Lipinski definition) is 0. The molecule has 5 rings (SSSR count). The first-order chi connectivity index (χ1) is 14.2. The SMILES string of the molecule is CCOS(=O)(=O)O[C@H]1[C@H](Sc2ccccc2)[C@@H]2C=C[C@H]1c1c(F)c(F)c(F)c(F)c12. The average molecular weight is 460 g/mol. The lowest BCUT2D eigenvalue weighted by atomic mass is 9.69. The van der Waals surface area contributed by atoms with E-state index >= 15 is 0 Å². The molecule has 2 aromatic rings. The van der Waals surface area contributed by atoms with Gasteiger partial charge in [0.2, 0.25) is 0 Å². The third kappa shape index (κ3) is 3.55. The molecule has 30 heavy (non-hydrogen) atoms. The molecule has 10 heteroatoms. The zero-order valence-electron chi connectivity index (χ0n) is 15.5. The highest BCUT2D eigenvalue weighted by Gasteiger charge is 2.51. The molecule has 0 N–H and O–H groups in total. The van der Waals surface area contributed by atoms with Gasteiger partial charge in [-0.2, -0.15) is 8.42 Å². The highest BCUT2D eigenvalue weighted by atomic mass is 32.3. The Balaban J connectivity index is 1.85. The highest BCUT2D eigenvalue weighted by molar-refractivity contribution is 8.00. The van der Waals surface area contributed by atoms with Crippen LogP contribution in [0.5, 0.6) is 0 Å². The zero-order valence-corrected chi connectivity index (χ0v) is 17.2. The molecule has 0 heterocycles. The molecule has 4 nitrogen and oxygen atoms in total. The topological polar surface area (TPSA) is 52.6 Å². The van der Waals surface area contributed by atoms with Gasteiger partial charge in [0.05, 0.1) is 6.61 Å². The van der Waals surface area contributed by atoms with Crippen LogP contribution in [0.4, 0.5) is 17.6 Å². The Morgan fingerprint density at radius 1 is 0.900 bits per heavy atom. The summed E-state index contributed by atoms with van der Waals surface area (Å²) in [6, 6.07) is 8.82. The molecule has 3 aliphatic rings. The summed E-state index contributed by atoms with van der Waals surface area (Å²) in [5.74, 6) is -8.95. The largest absolute Gasteiger partial charge is 0.400 e. The Morgan fingerprint density at radius 3 is 2.07 bits per heavy atom. The standard InChI is InChI=1S/C20H16F4O4S2/c1-2-27-30(25,26)28-19-11-8-9-12(20(19)29-10-6-4-3-5-7-10)14-13(11)15(21)17(23)18(24)16(14)22/h3-9,11-12,19-20H,2H2,1H3/t11-,12+,19+,20+/m0/s1. The van der Waals surface area contributed by atoms with E-state index in [9.17, 15) is 26.0 Å². The Hall–Kier alpha value is -1.88. The van der Waals surface area contributed by atoms with Crippen LogP contribution in [-0.2, 0) is 18.8 Å². The van der Waals surface area contributed by atoms with Crippen molar-refractivity contribution in [2.24, 2.45) is 0 Å². The number of hydrogen-bond acceptors (Lipinski definition) is 5. The predicted octanol–water partition coefficient (Wildman–Crippen LogP) is 4.82. The lowest BCUT2D eigenvalue weighted by Gasteiger charge is -2.44. The van der Waals surface area contributed by atoms with Crippen molar-refractivity contribution in [3.05, 3.63) is 76.9 Å². The van der Waals surface area contributed by atoms with E-state index in [0.717, 1.165) is 4.90 Å². The molecule has 2 aromatic carbocycles. The molecule has 160 valence electrons. The van der Waals surface area contributed by atoms with Crippen molar-refractivity contribution < 1.29 is 34.3 Å². The first-order valence-electron chi connectivity index (χ1n) is 9.08. The summed E-state index contributed by atoms with van der Waals surface area (Å²) < 4.78 is 91.4. The lowest BCUT2D eigenvalue weighted by molar-refractivity contribution is 0.129. The fourth-order valence-electron chi connectivity index (χ4n) is 3.92. The molecule has 0 amide bonds. The maximum Gasteiger partial charge on any atom is 0.400 e. The van der Waals surface area contributed by atoms with E-state index in [2.05, 4.69) is 4.18 Å². The fourth-order valence-corrected chi connectivity index (χ4v) is 6.21. The molecule has 0 spiro atoms. The molecule has 0 saturated heterocycles. The minimum absolute atomic E-state index is 0.186. The van der Waals surface area contributed by atoms with Crippen LogP contribution in [0.1, 0.15) is 29.9 Å². The summed E-state index contributed by atoms with van der Waals surface area (Å²) in [6.45, 7) is 1.27. The molecule has 0 aliphatic heterocycles. The van der Waals surface area contributed by atoms with E-state index in [1.807, 2.05) is 0 Å². The molecule has 3 aliphatic carbocycles. The van der Waals surface area contributed by atoms with Crippen molar-refractivity contribution in [3.63, 3.8) is 0 Å². The molecule has 0 aromatic heterocycles. The van der Waals surface area contributed by atoms with Gasteiger partial charge in [0.25, 0.3) is 0 Å². The van der Waals surface area contributed by atoms with Gasteiger partial charge in [-0.05, 0) is 19.1 Å². The Kier molecular flexibility index (Phi) is 5.69. The summed E-state index contributed by atoms with van der Waals surface area (Å²) >= 11 is 1.18. The van der Waals surface area contributed by atoms with Crippen LogP contribution in [0, 0.1) is 23.3 Å². The normalized spacial score (nSPS) is 24.8. The molecule has 0 saturated carbocycles. The van der Waals surface area contributed by atoms with Gasteiger partial charge in [0.1, 0.15) is 6.10 Å². The van der Waals surface area contributed by atoms with Gasteiger partial charge >= 0.3 is 10.4 Å². The van der Waals surface area contributed by atoms with Gasteiger partial charge in [-0.25, -0.2) is 25.9 Å². The number of allylic oxidation sites excluding steroid dienone is 1. The van der Waals surface area contributed by atoms with Crippen molar-refractivity contribution in [1.82, 2.24) is 0 Å². The minimum atomic E-state index is -4.45. The van der Waals surface area contributed by atoms with Gasteiger partial charge < -0.3 is 0 Å². The van der Waals surface area contributed by atoms with E-state index in [1.54, 1.807) is 36.4 Å². The van der Waals surface area contributed by atoms with E-state index in [0.29, 0.717) is 0 Å². The van der Waals surface area contributed by atoms with E-state index in [1.165, 1.54) is 24.8 Å². The molecule has 0 fully saturated rings. The average Bonchev–Trinajstić information content (AvgIpc) is 2.72. The Labute approximate surface area is 175 Å². The van der Waals surface area contributed by atoms with Crippen molar-refractivity contribution in [2.45, 2.75) is 35.0 Å². The molecule has 2 bridgehead atoms. The Bertz CT molecular complexity index is 1110.